The van der Waals surface area contributed by atoms with Gasteiger partial charge in [0.1, 0.15) is 4.88 Å². The van der Waals surface area contributed by atoms with E-state index in [0.717, 1.165) is 36.5 Å². The van der Waals surface area contributed by atoms with Gasteiger partial charge in [-0.2, -0.15) is 0 Å². The summed E-state index contributed by atoms with van der Waals surface area (Å²) < 4.78 is 0. The van der Waals surface area contributed by atoms with Gasteiger partial charge < -0.3 is 4.90 Å². The fourth-order valence-corrected chi connectivity index (χ4v) is 4.41. The van der Waals surface area contributed by atoms with Crippen LogP contribution in [0.2, 0.25) is 0 Å². The minimum atomic E-state index is 0.211. The Labute approximate surface area is 141 Å². The SMILES string of the molecule is O=C(c1scnc1C1CC1)N1CCCC(c2ccccc2)CC1. The third-order valence-electron chi connectivity index (χ3n) is 5.04. The number of carbonyl (C=O) groups is 1. The number of carbonyl (C=O) groups excluding carboxylic acids is 1. The maximum atomic E-state index is 12.9. The molecule has 4 rings (SSSR count). The van der Waals surface area contributed by atoms with E-state index in [-0.39, 0.29) is 5.91 Å². The zero-order valence-corrected chi connectivity index (χ0v) is 14.1. The topological polar surface area (TPSA) is 33.2 Å². The highest BCUT2D eigenvalue weighted by atomic mass is 32.1. The average molecular weight is 326 g/mol. The van der Waals surface area contributed by atoms with E-state index in [9.17, 15) is 4.79 Å². The normalized spacial score (nSPS) is 21.9. The highest BCUT2D eigenvalue weighted by Crippen LogP contribution is 2.42. The molecule has 120 valence electrons. The number of amides is 1. The van der Waals surface area contributed by atoms with Gasteiger partial charge >= 0.3 is 0 Å². The molecule has 1 saturated carbocycles. The molecule has 2 aromatic rings. The summed E-state index contributed by atoms with van der Waals surface area (Å²) in [5.41, 5.74) is 4.31. The largest absolute Gasteiger partial charge is 0.338 e. The Kier molecular flexibility index (Phi) is 4.17. The van der Waals surface area contributed by atoms with Gasteiger partial charge in [-0.1, -0.05) is 30.3 Å². The Hall–Kier alpha value is -1.68. The molecule has 0 spiro atoms. The molecule has 23 heavy (non-hydrogen) atoms. The first kappa shape index (κ1) is 14.9. The molecule has 2 fully saturated rings. The quantitative estimate of drug-likeness (QED) is 0.836. The number of hydrogen-bond acceptors (Lipinski definition) is 3. The van der Waals surface area contributed by atoms with Crippen molar-refractivity contribution in [1.82, 2.24) is 9.88 Å². The summed E-state index contributed by atoms with van der Waals surface area (Å²) in [7, 11) is 0. The van der Waals surface area contributed by atoms with Gasteiger partial charge in [0.25, 0.3) is 5.91 Å². The highest BCUT2D eigenvalue weighted by Gasteiger charge is 2.32. The minimum Gasteiger partial charge on any atom is -0.338 e. The number of nitrogens with zero attached hydrogens (tertiary/aromatic N) is 2. The molecule has 1 amide bonds. The first-order valence-electron chi connectivity index (χ1n) is 8.60. The van der Waals surface area contributed by atoms with Gasteiger partial charge in [-0.15, -0.1) is 11.3 Å². The minimum absolute atomic E-state index is 0.211. The fraction of sp³-hybridized carbons (Fsp3) is 0.474. The van der Waals surface area contributed by atoms with Crippen molar-refractivity contribution in [3.05, 3.63) is 52.0 Å². The van der Waals surface area contributed by atoms with E-state index in [2.05, 4.69) is 40.2 Å². The summed E-state index contributed by atoms with van der Waals surface area (Å²) in [6, 6.07) is 10.7. The van der Waals surface area contributed by atoms with Crippen molar-refractivity contribution in [3.63, 3.8) is 0 Å². The monoisotopic (exact) mass is 326 g/mol. The van der Waals surface area contributed by atoms with Gasteiger partial charge in [-0.05, 0) is 43.6 Å². The summed E-state index contributed by atoms with van der Waals surface area (Å²) in [6.45, 7) is 1.74. The summed E-state index contributed by atoms with van der Waals surface area (Å²) in [4.78, 5) is 20.3. The molecule has 2 aliphatic rings. The maximum absolute atomic E-state index is 12.9. The Bertz CT molecular complexity index is 678. The Morgan fingerprint density at radius 3 is 2.65 bits per heavy atom. The summed E-state index contributed by atoms with van der Waals surface area (Å²) in [5, 5.41) is 0. The van der Waals surface area contributed by atoms with Crippen LogP contribution in [0.25, 0.3) is 0 Å². The lowest BCUT2D eigenvalue weighted by atomic mass is 9.92. The van der Waals surface area contributed by atoms with Gasteiger partial charge in [-0.25, -0.2) is 4.98 Å². The van der Waals surface area contributed by atoms with Crippen LogP contribution in [0.5, 0.6) is 0 Å². The predicted octanol–water partition coefficient (Wildman–Crippen LogP) is 4.43. The smallest absolute Gasteiger partial charge is 0.265 e. The molecule has 2 heterocycles. The molecule has 1 aromatic carbocycles. The van der Waals surface area contributed by atoms with Gasteiger partial charge in [0, 0.05) is 19.0 Å². The van der Waals surface area contributed by atoms with Crippen LogP contribution in [-0.2, 0) is 0 Å². The van der Waals surface area contributed by atoms with Gasteiger partial charge in [0.15, 0.2) is 0 Å². The van der Waals surface area contributed by atoms with E-state index < -0.39 is 0 Å². The second kappa shape index (κ2) is 6.44. The van der Waals surface area contributed by atoms with Crippen LogP contribution in [0, 0.1) is 0 Å². The van der Waals surface area contributed by atoms with Crippen LogP contribution in [-0.4, -0.2) is 28.9 Å². The fourth-order valence-electron chi connectivity index (χ4n) is 3.56. The number of aromatic nitrogens is 1. The number of rotatable bonds is 3. The standard InChI is InChI=1S/C19H22N2OS/c22-19(18-17(16-8-9-16)20-13-23-18)21-11-4-7-15(10-12-21)14-5-2-1-3-6-14/h1-3,5-6,13,15-16H,4,7-12H2. The van der Waals surface area contributed by atoms with Crippen molar-refractivity contribution in [2.24, 2.45) is 0 Å². The third-order valence-corrected chi connectivity index (χ3v) is 5.87. The lowest BCUT2D eigenvalue weighted by Gasteiger charge is -2.20. The van der Waals surface area contributed by atoms with E-state index in [1.54, 1.807) is 0 Å². The van der Waals surface area contributed by atoms with Crippen LogP contribution in [0.3, 0.4) is 0 Å². The Morgan fingerprint density at radius 2 is 1.87 bits per heavy atom. The molecule has 1 unspecified atom stereocenters. The molecule has 1 aliphatic heterocycles. The first-order valence-corrected chi connectivity index (χ1v) is 9.48. The van der Waals surface area contributed by atoms with Gasteiger partial charge in [0.05, 0.1) is 11.2 Å². The van der Waals surface area contributed by atoms with Crippen LogP contribution in [0.15, 0.2) is 35.8 Å². The van der Waals surface area contributed by atoms with E-state index in [1.807, 2.05) is 5.51 Å². The van der Waals surface area contributed by atoms with Crippen molar-refractivity contribution in [1.29, 1.82) is 0 Å². The van der Waals surface area contributed by atoms with E-state index in [1.165, 1.54) is 36.2 Å². The van der Waals surface area contributed by atoms with Crippen molar-refractivity contribution in [3.8, 4) is 0 Å². The molecule has 1 atom stereocenters. The van der Waals surface area contributed by atoms with Crippen molar-refractivity contribution in [2.45, 2.75) is 43.9 Å². The molecule has 3 nitrogen and oxygen atoms in total. The van der Waals surface area contributed by atoms with E-state index in [0.29, 0.717) is 11.8 Å². The molecule has 4 heteroatoms. The van der Waals surface area contributed by atoms with Crippen molar-refractivity contribution >= 4 is 17.2 Å². The van der Waals surface area contributed by atoms with Crippen LogP contribution >= 0.6 is 11.3 Å². The van der Waals surface area contributed by atoms with E-state index in [4.69, 9.17) is 0 Å². The predicted molar refractivity (Wildman–Crippen MR) is 93.0 cm³/mol. The number of hydrogen-bond donors (Lipinski definition) is 0. The zero-order chi connectivity index (χ0) is 15.6. The number of likely N-dealkylation sites (tertiary alicyclic amines) is 1. The molecule has 0 radical (unpaired) electrons. The number of thiazole rings is 1. The maximum Gasteiger partial charge on any atom is 0.265 e. The zero-order valence-electron chi connectivity index (χ0n) is 13.3. The summed E-state index contributed by atoms with van der Waals surface area (Å²) in [5.74, 6) is 1.34. The highest BCUT2D eigenvalue weighted by molar-refractivity contribution is 7.11. The summed E-state index contributed by atoms with van der Waals surface area (Å²) in [6.07, 6.45) is 5.71. The Morgan fingerprint density at radius 1 is 1.04 bits per heavy atom. The molecular formula is C19H22N2OS. The molecule has 1 aliphatic carbocycles. The number of benzene rings is 1. The molecule has 0 N–H and O–H groups in total. The molecule has 1 aromatic heterocycles. The summed E-state index contributed by atoms with van der Waals surface area (Å²) >= 11 is 1.52. The molecule has 0 bridgehead atoms. The lowest BCUT2D eigenvalue weighted by molar-refractivity contribution is 0.0764. The van der Waals surface area contributed by atoms with Crippen molar-refractivity contribution < 1.29 is 4.79 Å². The van der Waals surface area contributed by atoms with Crippen LogP contribution < -0.4 is 0 Å². The van der Waals surface area contributed by atoms with Crippen LogP contribution in [0.4, 0.5) is 0 Å². The Balaban J connectivity index is 1.46. The van der Waals surface area contributed by atoms with Gasteiger partial charge in [0.2, 0.25) is 0 Å². The first-order chi connectivity index (χ1) is 11.3. The average Bonchev–Trinajstić information content (AvgIpc) is 3.37. The van der Waals surface area contributed by atoms with E-state index >= 15 is 0 Å². The third kappa shape index (κ3) is 3.18. The molecular weight excluding hydrogens is 304 g/mol. The van der Waals surface area contributed by atoms with Crippen LogP contribution in [0.1, 0.15) is 64.9 Å². The second-order valence-electron chi connectivity index (χ2n) is 6.67. The van der Waals surface area contributed by atoms with Crippen molar-refractivity contribution in [2.75, 3.05) is 13.1 Å². The lowest BCUT2D eigenvalue weighted by Crippen LogP contribution is -2.32. The second-order valence-corrected chi connectivity index (χ2v) is 7.53. The van der Waals surface area contributed by atoms with Gasteiger partial charge in [-0.3, -0.25) is 4.79 Å². The molecule has 1 saturated heterocycles.